The van der Waals surface area contributed by atoms with Crippen molar-refractivity contribution in [2.24, 2.45) is 0 Å². The van der Waals surface area contributed by atoms with Crippen LogP contribution in [0.5, 0.6) is 0 Å². The fourth-order valence-corrected chi connectivity index (χ4v) is 0. The Bertz CT molecular complexity index is 8.00. The van der Waals surface area contributed by atoms with E-state index in [1.165, 1.54) is 0 Å². The first-order valence-electron chi connectivity index (χ1n) is 0. The Morgan fingerprint density at radius 1 is 1.00 bits per heavy atom. The fraction of sp³-hybridized carbons (Fsp3) is 0. The third-order valence-corrected chi connectivity index (χ3v) is 0. The zero-order valence-corrected chi connectivity index (χ0v) is 8.42. The molecule has 0 aromatic rings. The van der Waals surface area contributed by atoms with Crippen LogP contribution in [0.4, 0.5) is 0 Å². The minimum absolute atomic E-state index is 0. The molecule has 0 saturated heterocycles. The molecule has 0 saturated carbocycles. The van der Waals surface area contributed by atoms with Gasteiger partial charge in [0, 0.05) is 19.5 Å². The molecule has 0 aromatic heterocycles. The first kappa shape index (κ1) is 29.3. The Balaban J connectivity index is 0. The zero-order chi connectivity index (χ0) is 0. The summed E-state index contributed by atoms with van der Waals surface area (Å²) in [5.41, 5.74) is 0. The molecule has 0 aromatic carbocycles. The van der Waals surface area contributed by atoms with Crippen molar-refractivity contribution in [1.82, 2.24) is 0 Å². The summed E-state index contributed by atoms with van der Waals surface area (Å²) in [5.74, 6) is 0. The summed E-state index contributed by atoms with van der Waals surface area (Å²) in [5, 5.41) is 0. The summed E-state index contributed by atoms with van der Waals surface area (Å²) in [7, 11) is 0. The second-order valence-corrected chi connectivity index (χ2v) is 0. The second-order valence-electron chi connectivity index (χ2n) is 0. The van der Waals surface area contributed by atoms with Gasteiger partial charge in [0.25, 0.3) is 0 Å². The molecule has 0 aliphatic carbocycles. The van der Waals surface area contributed by atoms with Crippen molar-refractivity contribution in [1.29, 1.82) is 0 Å². The molecule has 0 nitrogen and oxygen atoms in total. The van der Waals surface area contributed by atoms with Crippen molar-refractivity contribution in [3.8, 4) is 0 Å². The average Bonchev–Trinajstić information content (AvgIpc) is 0. The van der Waals surface area contributed by atoms with Gasteiger partial charge in [-0.05, 0) is 0 Å². The van der Waals surface area contributed by atoms with Gasteiger partial charge in [0.05, 0.1) is 0 Å². The maximum Gasteiger partial charge on any atom is 0 e. The van der Waals surface area contributed by atoms with Gasteiger partial charge in [-0.25, -0.2) is 0 Å². The molecule has 0 heterocycles. The third kappa shape index (κ3) is 8.84. The monoisotopic (exact) mass is 220 g/mol. The van der Waals surface area contributed by atoms with Crippen LogP contribution in [0.15, 0.2) is 0 Å². The minimum atomic E-state index is 0. The first-order chi connectivity index (χ1) is 0. The van der Waals surface area contributed by atoms with Crippen LogP contribution in [-0.2, 0) is 19.5 Å². The molecule has 0 atom stereocenters. The van der Waals surface area contributed by atoms with Crippen molar-refractivity contribution < 1.29 is 19.5 Å². The zero-order valence-electron chi connectivity index (χ0n) is 1.41. The summed E-state index contributed by atoms with van der Waals surface area (Å²) >= 11 is 0. The molecular weight excluding hydrogens is 215 g/mol. The van der Waals surface area contributed by atoms with E-state index in [9.17, 15) is 0 Å². The van der Waals surface area contributed by atoms with E-state index in [0.717, 1.165) is 0 Å². The van der Waals surface area contributed by atoms with Crippen molar-refractivity contribution in [2.45, 2.75) is 0 Å². The Morgan fingerprint density at radius 3 is 1.00 bits per heavy atom. The SMILES string of the molecule is [LiH].[MgH2].[SnH2].[Zn]. The summed E-state index contributed by atoms with van der Waals surface area (Å²) < 4.78 is 0. The molecule has 0 amide bonds. The van der Waals surface area contributed by atoms with Gasteiger partial charge in [0.2, 0.25) is 0 Å². The maximum atomic E-state index is 0. The van der Waals surface area contributed by atoms with Crippen LogP contribution in [0.25, 0.3) is 0 Å². The van der Waals surface area contributed by atoms with Gasteiger partial charge < -0.3 is 0 Å². The average molecular weight is 220 g/mol. The van der Waals surface area contributed by atoms with Gasteiger partial charge in [-0.2, -0.15) is 0 Å². The van der Waals surface area contributed by atoms with E-state index in [1.54, 1.807) is 0 Å². The molecule has 0 rings (SSSR count). The molecule has 4 heavy (non-hydrogen) atoms. The molecule has 14 valence electrons. The quantitative estimate of drug-likeness (QED) is 0.397. The molecule has 0 bridgehead atoms. The van der Waals surface area contributed by atoms with Crippen molar-refractivity contribution >= 4 is 65.8 Å². The van der Waals surface area contributed by atoms with E-state index in [-0.39, 0.29) is 85.3 Å². The first-order valence-corrected chi connectivity index (χ1v) is 0. The van der Waals surface area contributed by atoms with Gasteiger partial charge in [-0.3, -0.25) is 0 Å². The van der Waals surface area contributed by atoms with E-state index in [4.69, 9.17) is 0 Å². The summed E-state index contributed by atoms with van der Waals surface area (Å²) in [6.07, 6.45) is 0. The van der Waals surface area contributed by atoms with Crippen LogP contribution < -0.4 is 0 Å². The van der Waals surface area contributed by atoms with Gasteiger partial charge in [0.15, 0.2) is 0 Å². The van der Waals surface area contributed by atoms with E-state index in [2.05, 4.69) is 0 Å². The van der Waals surface area contributed by atoms with E-state index in [1.807, 2.05) is 0 Å². The van der Waals surface area contributed by atoms with Crippen LogP contribution in [0, 0.1) is 0 Å². The third-order valence-electron chi connectivity index (χ3n) is 0. The van der Waals surface area contributed by atoms with Gasteiger partial charge in [-0.15, -0.1) is 0 Å². The molecular formula is H5LiMgSnZn. The standard InChI is InChI=1S/Li.Mg.Sn.Zn.5H. The molecule has 2 radical (unpaired) electrons. The predicted molar refractivity (Wildman–Crippen MR) is 24.2 cm³/mol. The van der Waals surface area contributed by atoms with Crippen molar-refractivity contribution in [2.75, 3.05) is 0 Å². The smallest absolute Gasteiger partial charge is 0 e. The van der Waals surface area contributed by atoms with Gasteiger partial charge in [0.1, 0.15) is 0 Å². The van der Waals surface area contributed by atoms with Crippen molar-refractivity contribution in [3.05, 3.63) is 0 Å². The molecule has 0 aliphatic heterocycles. The Kier molecular flexibility index (Phi) is 125. The second kappa shape index (κ2) is 17.1. The van der Waals surface area contributed by atoms with Gasteiger partial charge >= 0.3 is 65.8 Å². The normalized spacial score (nSPS) is 0. The fourth-order valence-electron chi connectivity index (χ4n) is 0. The molecule has 0 N–H and O–H groups in total. The van der Waals surface area contributed by atoms with Gasteiger partial charge in [-0.1, -0.05) is 0 Å². The van der Waals surface area contributed by atoms with E-state index < -0.39 is 0 Å². The number of hydrogen-bond donors (Lipinski definition) is 0. The predicted octanol–water partition coefficient (Wildman–Crippen LogP) is -2.48. The summed E-state index contributed by atoms with van der Waals surface area (Å²) in [6, 6.07) is 0. The Labute approximate surface area is 83.9 Å². The Morgan fingerprint density at radius 2 is 1.00 bits per heavy atom. The van der Waals surface area contributed by atoms with Crippen LogP contribution >= 0.6 is 0 Å². The minimum Gasteiger partial charge on any atom is 0 e. The molecule has 0 fully saturated rings. The van der Waals surface area contributed by atoms with Crippen molar-refractivity contribution in [3.63, 3.8) is 0 Å². The van der Waals surface area contributed by atoms with E-state index in [0.29, 0.717) is 0 Å². The summed E-state index contributed by atoms with van der Waals surface area (Å²) in [4.78, 5) is 0. The summed E-state index contributed by atoms with van der Waals surface area (Å²) in [6.45, 7) is 0. The molecule has 0 aliphatic rings. The van der Waals surface area contributed by atoms with Crippen LogP contribution in [0.3, 0.4) is 0 Å². The van der Waals surface area contributed by atoms with Crippen LogP contribution in [-0.4, -0.2) is 65.8 Å². The topological polar surface area (TPSA) is 0 Å². The maximum absolute atomic E-state index is 0. The molecule has 0 spiro atoms. The van der Waals surface area contributed by atoms with Crippen LogP contribution in [0.1, 0.15) is 0 Å². The largest absolute Gasteiger partial charge is 0 e. The molecule has 4 heteroatoms. The number of rotatable bonds is 0. The van der Waals surface area contributed by atoms with Crippen LogP contribution in [0.2, 0.25) is 0 Å². The number of hydrogen-bond acceptors (Lipinski definition) is 0. The Hall–Kier alpha value is 2.79. The van der Waals surface area contributed by atoms with E-state index >= 15 is 0 Å². The molecule has 0 unspecified atom stereocenters.